The van der Waals surface area contributed by atoms with Crippen molar-refractivity contribution >= 4 is 5.91 Å². The molecular weight excluding hydrogens is 951 g/mol. The van der Waals surface area contributed by atoms with Crippen molar-refractivity contribution in [1.82, 2.24) is 5.32 Å². The first-order chi connectivity index (χ1) is 35.3. The Morgan fingerprint density at radius 3 is 1.29 bits per heavy atom. The average molecular weight is 1050 g/mol. The van der Waals surface area contributed by atoms with Gasteiger partial charge in [0.1, 0.15) is 73.2 Å². The number of unbranched alkanes of at least 4 members (excludes halogenated alkanes) is 25. The fourth-order valence-corrected chi connectivity index (χ4v) is 9.84. The molecule has 0 aromatic rings. The summed E-state index contributed by atoms with van der Waals surface area (Å²) in [5.74, 6) is -0.282. The van der Waals surface area contributed by atoms with Crippen LogP contribution in [0.3, 0.4) is 0 Å². The van der Waals surface area contributed by atoms with E-state index in [2.05, 4.69) is 19.2 Å². The monoisotopic (exact) mass is 1050 g/mol. The van der Waals surface area contributed by atoms with Crippen molar-refractivity contribution in [2.45, 2.75) is 298 Å². The molecule has 3 saturated heterocycles. The first-order valence-corrected chi connectivity index (χ1v) is 28.4. The summed E-state index contributed by atoms with van der Waals surface area (Å²) in [7, 11) is 0. The number of amides is 1. The molecule has 3 fully saturated rings. The summed E-state index contributed by atoms with van der Waals surface area (Å²) in [5, 5.41) is 120. The van der Waals surface area contributed by atoms with E-state index < -0.39 is 124 Å². The van der Waals surface area contributed by atoms with Crippen LogP contribution in [0.1, 0.15) is 194 Å². The van der Waals surface area contributed by atoms with E-state index >= 15 is 0 Å². The van der Waals surface area contributed by atoms with E-state index in [1.165, 1.54) is 109 Å². The standard InChI is InChI=1S/C54H101NO18/c1-3-5-7-9-11-12-13-14-15-16-17-18-19-20-21-22-23-24-26-27-29-31-38(59)37(55-42(60)32-30-28-25-10-8-6-4-2)36-68-52-48(66)45(63)50(40(34-57)70-52)73-54-49(67)46(64)51(41(35-58)71-54)72-53-47(65)44(62)43(61)39(33-56)69-53/h29,31,37-41,43-54,56-59,61-67H,3-28,30,32-36H2,1-2H3,(H,55,60)/b31-29+. The molecule has 0 aliphatic carbocycles. The molecule has 1 amide bonds. The number of rotatable bonds is 41. The molecule has 3 aliphatic heterocycles. The zero-order valence-corrected chi connectivity index (χ0v) is 44.4. The predicted octanol–water partition coefficient (Wildman–Crippen LogP) is 3.82. The maximum absolute atomic E-state index is 13.1. The normalized spacial score (nSPS) is 31.8. The van der Waals surface area contributed by atoms with Crippen LogP contribution >= 0.6 is 0 Å². The summed E-state index contributed by atoms with van der Waals surface area (Å²) >= 11 is 0. The zero-order valence-electron chi connectivity index (χ0n) is 44.4. The quantitative estimate of drug-likeness (QED) is 0.0306. The van der Waals surface area contributed by atoms with Gasteiger partial charge in [0.15, 0.2) is 18.9 Å². The van der Waals surface area contributed by atoms with Crippen LogP contribution in [0.4, 0.5) is 0 Å². The number of aliphatic hydroxyl groups excluding tert-OH is 11. The smallest absolute Gasteiger partial charge is 0.220 e. The van der Waals surface area contributed by atoms with Gasteiger partial charge in [-0.3, -0.25) is 4.79 Å². The van der Waals surface area contributed by atoms with Crippen molar-refractivity contribution in [2.75, 3.05) is 26.4 Å². The Hall–Kier alpha value is -1.47. The molecular formula is C54H101NO18. The first-order valence-electron chi connectivity index (χ1n) is 28.4. The Bertz CT molecular complexity index is 1400. The molecule has 3 rings (SSSR count). The van der Waals surface area contributed by atoms with E-state index in [0.29, 0.717) is 6.42 Å². The van der Waals surface area contributed by atoms with E-state index in [0.717, 1.165) is 57.8 Å². The number of ether oxygens (including phenoxy) is 6. The van der Waals surface area contributed by atoms with Crippen LogP contribution in [-0.4, -0.2) is 193 Å². The lowest BCUT2D eigenvalue weighted by atomic mass is 9.96. The fourth-order valence-electron chi connectivity index (χ4n) is 9.84. The molecule has 0 bridgehead atoms. The van der Waals surface area contributed by atoms with E-state index in [-0.39, 0.29) is 18.9 Å². The molecule has 430 valence electrons. The molecule has 0 aromatic carbocycles. The van der Waals surface area contributed by atoms with Crippen LogP contribution in [0.2, 0.25) is 0 Å². The summed E-state index contributed by atoms with van der Waals surface area (Å²) in [6.45, 7) is 1.66. The van der Waals surface area contributed by atoms with Gasteiger partial charge in [-0.2, -0.15) is 0 Å². The van der Waals surface area contributed by atoms with Crippen molar-refractivity contribution in [3.8, 4) is 0 Å². The van der Waals surface area contributed by atoms with Crippen molar-refractivity contribution in [3.05, 3.63) is 12.2 Å². The lowest BCUT2D eigenvalue weighted by molar-refractivity contribution is -0.379. The molecule has 3 heterocycles. The highest BCUT2D eigenvalue weighted by Crippen LogP contribution is 2.33. The van der Waals surface area contributed by atoms with E-state index in [4.69, 9.17) is 28.4 Å². The summed E-state index contributed by atoms with van der Waals surface area (Å²) < 4.78 is 34.1. The summed E-state index contributed by atoms with van der Waals surface area (Å²) in [5.41, 5.74) is 0. The number of aliphatic hydroxyl groups is 11. The molecule has 12 N–H and O–H groups in total. The van der Waals surface area contributed by atoms with Crippen LogP contribution in [0, 0.1) is 0 Å². The number of allylic oxidation sites excluding steroid dienone is 1. The predicted molar refractivity (Wildman–Crippen MR) is 273 cm³/mol. The molecule has 0 saturated carbocycles. The lowest BCUT2D eigenvalue weighted by Crippen LogP contribution is -2.66. The van der Waals surface area contributed by atoms with Gasteiger partial charge in [-0.15, -0.1) is 0 Å². The van der Waals surface area contributed by atoms with Gasteiger partial charge in [0.2, 0.25) is 5.91 Å². The lowest BCUT2D eigenvalue weighted by Gasteiger charge is -2.48. The van der Waals surface area contributed by atoms with Crippen LogP contribution in [-0.2, 0) is 33.2 Å². The van der Waals surface area contributed by atoms with Crippen LogP contribution in [0.25, 0.3) is 0 Å². The van der Waals surface area contributed by atoms with E-state index in [9.17, 15) is 61.0 Å². The third kappa shape index (κ3) is 24.0. The van der Waals surface area contributed by atoms with Gasteiger partial charge in [-0.1, -0.05) is 180 Å². The van der Waals surface area contributed by atoms with Crippen molar-refractivity contribution in [1.29, 1.82) is 0 Å². The van der Waals surface area contributed by atoms with Gasteiger partial charge in [0, 0.05) is 6.42 Å². The van der Waals surface area contributed by atoms with Gasteiger partial charge in [0.05, 0.1) is 38.6 Å². The Balaban J connectivity index is 1.47. The summed E-state index contributed by atoms with van der Waals surface area (Å²) in [6.07, 6.45) is 9.56. The number of carbonyl (C=O) groups excluding carboxylic acids is 1. The highest BCUT2D eigenvalue weighted by Gasteiger charge is 2.53. The fraction of sp³-hybridized carbons (Fsp3) is 0.944. The molecule has 3 aliphatic rings. The minimum atomic E-state index is -1.97. The second kappa shape index (κ2) is 39.0. The van der Waals surface area contributed by atoms with E-state index in [1.54, 1.807) is 6.08 Å². The molecule has 19 heteroatoms. The molecule has 0 aromatic heterocycles. The first kappa shape index (κ1) is 65.8. The van der Waals surface area contributed by atoms with Crippen molar-refractivity contribution < 1.29 is 89.4 Å². The number of nitrogens with one attached hydrogen (secondary N) is 1. The molecule has 17 unspecified atom stereocenters. The van der Waals surface area contributed by atoms with Crippen molar-refractivity contribution in [3.63, 3.8) is 0 Å². The Labute approximate surface area is 436 Å². The summed E-state index contributed by atoms with van der Waals surface area (Å²) in [6, 6.07) is -0.964. The molecule has 17 atom stereocenters. The average Bonchev–Trinajstić information content (AvgIpc) is 3.39. The van der Waals surface area contributed by atoms with Gasteiger partial charge >= 0.3 is 0 Å². The zero-order chi connectivity index (χ0) is 53.4. The summed E-state index contributed by atoms with van der Waals surface area (Å²) in [4.78, 5) is 13.1. The highest BCUT2D eigenvalue weighted by atomic mass is 16.8. The Morgan fingerprint density at radius 2 is 0.849 bits per heavy atom. The SMILES string of the molecule is CCCCCCCCCCCCCCCCCCCCC/C=C/C(O)C(COC1OC(CO)C(OC2OC(CO)C(OC3OC(CO)C(O)C(O)C3O)C(O)C2O)C(O)C1O)NC(=O)CCCCCCCCC. The third-order valence-corrected chi connectivity index (χ3v) is 14.6. The minimum absolute atomic E-state index is 0.245. The van der Waals surface area contributed by atoms with Crippen molar-refractivity contribution in [2.24, 2.45) is 0 Å². The van der Waals surface area contributed by atoms with Gasteiger partial charge in [0.25, 0.3) is 0 Å². The van der Waals surface area contributed by atoms with Crippen LogP contribution < -0.4 is 5.32 Å². The largest absolute Gasteiger partial charge is 0.394 e. The molecule has 19 nitrogen and oxygen atoms in total. The third-order valence-electron chi connectivity index (χ3n) is 14.6. The topological polar surface area (TPSA) is 307 Å². The molecule has 0 radical (unpaired) electrons. The van der Waals surface area contributed by atoms with Gasteiger partial charge in [-0.05, 0) is 19.3 Å². The van der Waals surface area contributed by atoms with Crippen LogP contribution in [0.5, 0.6) is 0 Å². The Kier molecular flexibility index (Phi) is 35.1. The maximum atomic E-state index is 13.1. The second-order valence-electron chi connectivity index (χ2n) is 20.8. The number of carbonyl (C=O) groups is 1. The van der Waals surface area contributed by atoms with Crippen LogP contribution in [0.15, 0.2) is 12.2 Å². The highest BCUT2D eigenvalue weighted by molar-refractivity contribution is 5.76. The number of hydrogen-bond acceptors (Lipinski definition) is 18. The Morgan fingerprint density at radius 1 is 0.479 bits per heavy atom. The molecule has 0 spiro atoms. The minimum Gasteiger partial charge on any atom is -0.394 e. The second-order valence-corrected chi connectivity index (χ2v) is 20.8. The van der Waals surface area contributed by atoms with E-state index in [1.807, 2.05) is 6.08 Å². The van der Waals surface area contributed by atoms with Gasteiger partial charge < -0.3 is 89.9 Å². The maximum Gasteiger partial charge on any atom is 0.220 e. The van der Waals surface area contributed by atoms with Gasteiger partial charge in [-0.25, -0.2) is 0 Å². The number of hydrogen-bond donors (Lipinski definition) is 12. The molecule has 73 heavy (non-hydrogen) atoms.